The molecule has 4 nitrogen and oxygen atoms in total. The van der Waals surface area contributed by atoms with E-state index in [-0.39, 0.29) is 11.8 Å². The van der Waals surface area contributed by atoms with Crippen LogP contribution in [0.4, 0.5) is 24.9 Å². The number of para-hydroxylation sites is 1. The minimum atomic E-state index is -4.44. The van der Waals surface area contributed by atoms with Crippen molar-refractivity contribution in [1.29, 1.82) is 0 Å². The SMILES string of the molecule is FC(F)(F)c1ccnc(Nc2ncc3cccc(Cl)c3n2)c1. The number of rotatable bonds is 2. The molecule has 22 heavy (non-hydrogen) atoms. The molecule has 2 heterocycles. The Morgan fingerprint density at radius 2 is 1.91 bits per heavy atom. The molecule has 0 bridgehead atoms. The van der Waals surface area contributed by atoms with Crippen LogP contribution in [0.25, 0.3) is 10.9 Å². The van der Waals surface area contributed by atoms with E-state index in [9.17, 15) is 13.2 Å². The van der Waals surface area contributed by atoms with E-state index >= 15 is 0 Å². The Kier molecular flexibility index (Phi) is 3.58. The van der Waals surface area contributed by atoms with Gasteiger partial charge in [-0.1, -0.05) is 23.7 Å². The number of fused-ring (bicyclic) bond motifs is 1. The van der Waals surface area contributed by atoms with Crippen LogP contribution >= 0.6 is 11.6 Å². The first-order valence-corrected chi connectivity index (χ1v) is 6.53. The molecule has 0 saturated heterocycles. The number of aromatic nitrogens is 3. The summed E-state index contributed by atoms with van der Waals surface area (Å²) in [6.07, 6.45) is -1.84. The zero-order valence-electron chi connectivity index (χ0n) is 10.9. The molecular weight excluding hydrogens is 317 g/mol. The fraction of sp³-hybridized carbons (Fsp3) is 0.0714. The van der Waals surface area contributed by atoms with E-state index < -0.39 is 11.7 Å². The molecule has 2 aromatic heterocycles. The molecule has 0 spiro atoms. The molecule has 0 saturated carbocycles. The van der Waals surface area contributed by atoms with Crippen LogP contribution < -0.4 is 5.32 Å². The Balaban J connectivity index is 1.95. The fourth-order valence-electron chi connectivity index (χ4n) is 1.87. The lowest BCUT2D eigenvalue weighted by molar-refractivity contribution is -0.137. The number of nitrogens with zero attached hydrogens (tertiary/aromatic N) is 3. The molecule has 0 fully saturated rings. The third kappa shape index (κ3) is 2.94. The number of anilines is 2. The quantitative estimate of drug-likeness (QED) is 0.757. The smallest absolute Gasteiger partial charge is 0.309 e. The number of hydrogen-bond donors (Lipinski definition) is 1. The third-order valence-corrected chi connectivity index (χ3v) is 3.19. The number of alkyl halides is 3. The highest BCUT2D eigenvalue weighted by Crippen LogP contribution is 2.30. The van der Waals surface area contributed by atoms with Crippen LogP contribution in [0.5, 0.6) is 0 Å². The Morgan fingerprint density at radius 1 is 1.09 bits per heavy atom. The van der Waals surface area contributed by atoms with Gasteiger partial charge in [-0.2, -0.15) is 13.2 Å². The molecule has 0 aliphatic heterocycles. The first-order valence-electron chi connectivity index (χ1n) is 6.15. The summed E-state index contributed by atoms with van der Waals surface area (Å²) in [5, 5.41) is 3.81. The summed E-state index contributed by atoms with van der Waals surface area (Å²) >= 11 is 6.03. The van der Waals surface area contributed by atoms with Gasteiger partial charge in [0.2, 0.25) is 5.95 Å². The molecule has 1 N–H and O–H groups in total. The van der Waals surface area contributed by atoms with E-state index in [2.05, 4.69) is 20.3 Å². The van der Waals surface area contributed by atoms with E-state index in [1.807, 2.05) is 0 Å². The van der Waals surface area contributed by atoms with Crippen molar-refractivity contribution in [3.63, 3.8) is 0 Å². The van der Waals surface area contributed by atoms with E-state index in [0.717, 1.165) is 23.7 Å². The largest absolute Gasteiger partial charge is 0.416 e. The van der Waals surface area contributed by atoms with Crippen molar-refractivity contribution in [1.82, 2.24) is 15.0 Å². The van der Waals surface area contributed by atoms with Crippen molar-refractivity contribution in [3.05, 3.63) is 53.3 Å². The van der Waals surface area contributed by atoms with Crippen LogP contribution in [-0.2, 0) is 6.18 Å². The molecule has 0 aliphatic rings. The lowest BCUT2D eigenvalue weighted by Gasteiger charge is -2.09. The maximum atomic E-state index is 12.7. The Bertz CT molecular complexity index is 836. The molecule has 0 unspecified atom stereocenters. The molecule has 0 radical (unpaired) electrons. The molecule has 1 aromatic carbocycles. The normalized spacial score (nSPS) is 11.6. The average Bonchev–Trinajstić information content (AvgIpc) is 2.48. The summed E-state index contributed by atoms with van der Waals surface area (Å²) in [6.45, 7) is 0. The van der Waals surface area contributed by atoms with Crippen molar-refractivity contribution in [3.8, 4) is 0 Å². The maximum Gasteiger partial charge on any atom is 0.416 e. The second-order valence-electron chi connectivity index (χ2n) is 4.42. The lowest BCUT2D eigenvalue weighted by atomic mass is 10.2. The molecule has 8 heteroatoms. The zero-order chi connectivity index (χ0) is 15.7. The molecule has 112 valence electrons. The number of nitrogens with one attached hydrogen (secondary N) is 1. The number of benzene rings is 1. The topological polar surface area (TPSA) is 50.7 Å². The van der Waals surface area contributed by atoms with Gasteiger partial charge in [-0.25, -0.2) is 15.0 Å². The van der Waals surface area contributed by atoms with Gasteiger partial charge in [-0.05, 0) is 18.2 Å². The zero-order valence-corrected chi connectivity index (χ0v) is 11.7. The summed E-state index contributed by atoms with van der Waals surface area (Å²) in [5.41, 5.74) is -0.294. The Labute approximate surface area is 128 Å². The van der Waals surface area contributed by atoms with Gasteiger partial charge >= 0.3 is 6.18 Å². The monoisotopic (exact) mass is 324 g/mol. The number of pyridine rings is 1. The summed E-state index contributed by atoms with van der Waals surface area (Å²) < 4.78 is 38.0. The van der Waals surface area contributed by atoms with Gasteiger partial charge in [0.25, 0.3) is 0 Å². The molecule has 0 atom stereocenters. The van der Waals surface area contributed by atoms with E-state index in [0.29, 0.717) is 10.5 Å². The minimum absolute atomic E-state index is 0.00114. The highest BCUT2D eigenvalue weighted by Gasteiger charge is 2.30. The Morgan fingerprint density at radius 3 is 2.68 bits per heavy atom. The third-order valence-electron chi connectivity index (χ3n) is 2.89. The van der Waals surface area contributed by atoms with Gasteiger partial charge in [-0.15, -0.1) is 0 Å². The van der Waals surface area contributed by atoms with Crippen LogP contribution in [0.2, 0.25) is 5.02 Å². The van der Waals surface area contributed by atoms with E-state index in [1.54, 1.807) is 18.2 Å². The molecular formula is C14H8ClF3N4. The van der Waals surface area contributed by atoms with Crippen molar-refractivity contribution in [2.75, 3.05) is 5.32 Å². The first kappa shape index (κ1) is 14.5. The van der Waals surface area contributed by atoms with Gasteiger partial charge < -0.3 is 5.32 Å². The highest BCUT2D eigenvalue weighted by molar-refractivity contribution is 6.35. The molecule has 3 rings (SSSR count). The van der Waals surface area contributed by atoms with Gasteiger partial charge in [0.05, 0.1) is 16.1 Å². The first-order chi connectivity index (χ1) is 10.4. The second kappa shape index (κ2) is 5.42. The van der Waals surface area contributed by atoms with Crippen LogP contribution in [0.3, 0.4) is 0 Å². The average molecular weight is 325 g/mol. The van der Waals surface area contributed by atoms with Gasteiger partial charge in [0.15, 0.2) is 0 Å². The van der Waals surface area contributed by atoms with E-state index in [1.165, 1.54) is 6.20 Å². The summed E-state index contributed by atoms with van der Waals surface area (Å²) in [7, 11) is 0. The predicted octanol–water partition coefficient (Wildman–Crippen LogP) is 4.44. The van der Waals surface area contributed by atoms with Gasteiger partial charge in [-0.3, -0.25) is 0 Å². The van der Waals surface area contributed by atoms with Crippen LogP contribution in [0, 0.1) is 0 Å². The second-order valence-corrected chi connectivity index (χ2v) is 4.83. The summed E-state index contributed by atoms with van der Waals surface area (Å²) in [5.74, 6) is 0.119. The maximum absolute atomic E-state index is 12.7. The number of halogens is 4. The van der Waals surface area contributed by atoms with Crippen LogP contribution in [0.1, 0.15) is 5.56 Å². The summed E-state index contributed by atoms with van der Waals surface area (Å²) in [6, 6.07) is 7.00. The Hall–Kier alpha value is -2.41. The van der Waals surface area contributed by atoms with Crippen molar-refractivity contribution in [2.45, 2.75) is 6.18 Å². The van der Waals surface area contributed by atoms with Crippen molar-refractivity contribution < 1.29 is 13.2 Å². The molecule has 0 amide bonds. The van der Waals surface area contributed by atoms with Crippen LogP contribution in [-0.4, -0.2) is 15.0 Å². The molecule has 3 aromatic rings. The van der Waals surface area contributed by atoms with Crippen molar-refractivity contribution in [2.24, 2.45) is 0 Å². The lowest BCUT2D eigenvalue weighted by Crippen LogP contribution is -2.06. The standard InChI is InChI=1S/C14H8ClF3N4/c15-10-3-1-2-8-7-20-13(22-12(8)10)21-11-6-9(4-5-19-11)14(16,17)18/h1-7H,(H,19,20,21,22). The fourth-order valence-corrected chi connectivity index (χ4v) is 2.09. The molecule has 0 aliphatic carbocycles. The van der Waals surface area contributed by atoms with Crippen LogP contribution in [0.15, 0.2) is 42.7 Å². The summed E-state index contributed by atoms with van der Waals surface area (Å²) in [4.78, 5) is 12.0. The highest BCUT2D eigenvalue weighted by atomic mass is 35.5. The van der Waals surface area contributed by atoms with Gasteiger partial charge in [0, 0.05) is 17.8 Å². The predicted molar refractivity (Wildman–Crippen MR) is 77.1 cm³/mol. The van der Waals surface area contributed by atoms with E-state index in [4.69, 9.17) is 11.6 Å². The number of hydrogen-bond acceptors (Lipinski definition) is 4. The van der Waals surface area contributed by atoms with Gasteiger partial charge in [0.1, 0.15) is 5.82 Å². The minimum Gasteiger partial charge on any atom is -0.309 e. The van der Waals surface area contributed by atoms with Crippen molar-refractivity contribution >= 4 is 34.3 Å².